The molecule has 1 aliphatic carbocycles. The van der Waals surface area contributed by atoms with Gasteiger partial charge in [-0.2, -0.15) is 0 Å². The molecule has 2 heterocycles. The molecular formula is C22H33N3O2. The number of carbonyl (C=O) groups is 1. The number of amides is 1. The van der Waals surface area contributed by atoms with Gasteiger partial charge in [0.15, 0.2) is 0 Å². The second-order valence-corrected chi connectivity index (χ2v) is 8.56. The Morgan fingerprint density at radius 2 is 2.15 bits per heavy atom. The van der Waals surface area contributed by atoms with Crippen molar-refractivity contribution in [2.75, 3.05) is 19.7 Å². The van der Waals surface area contributed by atoms with E-state index in [0.717, 1.165) is 32.7 Å². The van der Waals surface area contributed by atoms with Crippen LogP contribution in [0, 0.1) is 5.92 Å². The van der Waals surface area contributed by atoms with Crippen LogP contribution in [-0.4, -0.2) is 48.7 Å². The molecule has 5 nitrogen and oxygen atoms in total. The average Bonchev–Trinajstić information content (AvgIpc) is 3.11. The fourth-order valence-corrected chi connectivity index (χ4v) is 4.96. The van der Waals surface area contributed by atoms with Crippen LogP contribution in [0.25, 0.3) is 0 Å². The summed E-state index contributed by atoms with van der Waals surface area (Å²) in [5, 5.41) is 6.72. The van der Waals surface area contributed by atoms with Gasteiger partial charge in [0.25, 0.3) is 0 Å². The Hall–Kier alpha value is -1.43. The standard InChI is InChI=1S/C22H33N3O2/c1-16-14-25(9-10-27-16)15-18-6-4-5-17(11-18)13-23-22(26)21-12-19-7-2-3-8-20(19)24-21/h4-6,11,16,19-21,24H,2-3,7-10,12-15H2,1H3,(H,23,26). The molecule has 0 radical (unpaired) electrons. The molecule has 4 atom stereocenters. The molecule has 4 unspecified atom stereocenters. The first-order valence-electron chi connectivity index (χ1n) is 10.6. The van der Waals surface area contributed by atoms with Crippen molar-refractivity contribution in [2.24, 2.45) is 5.92 Å². The number of rotatable bonds is 5. The first-order valence-corrected chi connectivity index (χ1v) is 10.6. The van der Waals surface area contributed by atoms with E-state index in [4.69, 9.17) is 4.74 Å². The van der Waals surface area contributed by atoms with Crippen LogP contribution in [0.1, 0.15) is 50.2 Å². The van der Waals surface area contributed by atoms with Gasteiger partial charge in [0.05, 0.1) is 18.8 Å². The third-order valence-electron chi connectivity index (χ3n) is 6.37. The molecule has 2 aliphatic heterocycles. The summed E-state index contributed by atoms with van der Waals surface area (Å²) in [6.45, 7) is 6.47. The maximum absolute atomic E-state index is 12.6. The topological polar surface area (TPSA) is 53.6 Å². The molecule has 4 rings (SSSR count). The number of fused-ring (bicyclic) bond motifs is 1. The maximum atomic E-state index is 12.6. The van der Waals surface area contributed by atoms with E-state index in [-0.39, 0.29) is 11.9 Å². The molecule has 1 aromatic rings. The number of ether oxygens (including phenoxy) is 1. The largest absolute Gasteiger partial charge is 0.376 e. The van der Waals surface area contributed by atoms with Crippen molar-refractivity contribution >= 4 is 5.91 Å². The highest BCUT2D eigenvalue weighted by atomic mass is 16.5. The molecule has 1 saturated carbocycles. The molecule has 2 saturated heterocycles. The molecule has 3 fully saturated rings. The number of hydrogen-bond donors (Lipinski definition) is 2. The highest BCUT2D eigenvalue weighted by Crippen LogP contribution is 2.33. The predicted molar refractivity (Wildman–Crippen MR) is 106 cm³/mol. The van der Waals surface area contributed by atoms with Gasteiger partial charge in [-0.1, -0.05) is 37.1 Å². The monoisotopic (exact) mass is 371 g/mol. The molecule has 1 aromatic carbocycles. The van der Waals surface area contributed by atoms with Gasteiger partial charge in [-0.05, 0) is 43.2 Å². The number of nitrogens with zero attached hydrogens (tertiary/aromatic N) is 1. The fraction of sp³-hybridized carbons (Fsp3) is 0.682. The molecule has 148 valence electrons. The minimum Gasteiger partial charge on any atom is -0.376 e. The number of benzene rings is 1. The Morgan fingerprint density at radius 1 is 1.30 bits per heavy atom. The molecule has 3 aliphatic rings. The van der Waals surface area contributed by atoms with E-state index < -0.39 is 0 Å². The summed E-state index contributed by atoms with van der Waals surface area (Å²) in [5.41, 5.74) is 2.48. The number of nitrogens with one attached hydrogen (secondary N) is 2. The molecule has 0 aromatic heterocycles. The molecular weight excluding hydrogens is 338 g/mol. The summed E-state index contributed by atoms with van der Waals surface area (Å²) in [7, 11) is 0. The zero-order chi connectivity index (χ0) is 18.6. The summed E-state index contributed by atoms with van der Waals surface area (Å²) in [6.07, 6.45) is 6.46. The van der Waals surface area contributed by atoms with Crippen LogP contribution in [0.3, 0.4) is 0 Å². The van der Waals surface area contributed by atoms with E-state index in [0.29, 0.717) is 24.6 Å². The Kier molecular flexibility index (Phi) is 6.11. The Morgan fingerprint density at radius 3 is 3.00 bits per heavy atom. The maximum Gasteiger partial charge on any atom is 0.237 e. The predicted octanol–water partition coefficient (Wildman–Crippen LogP) is 2.44. The average molecular weight is 372 g/mol. The molecule has 27 heavy (non-hydrogen) atoms. The zero-order valence-corrected chi connectivity index (χ0v) is 16.5. The normalized spacial score (nSPS) is 31.4. The number of hydrogen-bond acceptors (Lipinski definition) is 4. The molecule has 5 heteroatoms. The second-order valence-electron chi connectivity index (χ2n) is 8.56. The smallest absolute Gasteiger partial charge is 0.237 e. The molecule has 0 bridgehead atoms. The van der Waals surface area contributed by atoms with Crippen molar-refractivity contribution in [2.45, 2.75) is 70.3 Å². The molecule has 0 spiro atoms. The summed E-state index contributed by atoms with van der Waals surface area (Å²) < 4.78 is 5.62. The molecule has 1 amide bonds. The van der Waals surface area contributed by atoms with Crippen LogP contribution >= 0.6 is 0 Å². The minimum atomic E-state index is -0.00359. The van der Waals surface area contributed by atoms with Crippen LogP contribution in [-0.2, 0) is 22.6 Å². The van der Waals surface area contributed by atoms with Gasteiger partial charge in [-0.15, -0.1) is 0 Å². The van der Waals surface area contributed by atoms with Crippen molar-refractivity contribution in [3.8, 4) is 0 Å². The second kappa shape index (κ2) is 8.72. The highest BCUT2D eigenvalue weighted by Gasteiger charge is 2.37. The summed E-state index contributed by atoms with van der Waals surface area (Å²) in [5.74, 6) is 0.866. The van der Waals surface area contributed by atoms with Gasteiger partial charge >= 0.3 is 0 Å². The summed E-state index contributed by atoms with van der Waals surface area (Å²) in [4.78, 5) is 15.0. The van der Waals surface area contributed by atoms with Gasteiger partial charge in [-0.3, -0.25) is 9.69 Å². The van der Waals surface area contributed by atoms with E-state index in [1.54, 1.807) is 0 Å². The van der Waals surface area contributed by atoms with Crippen molar-refractivity contribution < 1.29 is 9.53 Å². The van der Waals surface area contributed by atoms with E-state index >= 15 is 0 Å². The summed E-state index contributed by atoms with van der Waals surface area (Å²) >= 11 is 0. The van der Waals surface area contributed by atoms with Crippen molar-refractivity contribution in [1.82, 2.24) is 15.5 Å². The third-order valence-corrected chi connectivity index (χ3v) is 6.37. The van der Waals surface area contributed by atoms with Gasteiger partial charge in [0.1, 0.15) is 0 Å². The lowest BCUT2D eigenvalue weighted by atomic mass is 9.85. The van der Waals surface area contributed by atoms with Crippen LogP contribution in [0.15, 0.2) is 24.3 Å². The van der Waals surface area contributed by atoms with Crippen molar-refractivity contribution in [3.63, 3.8) is 0 Å². The first kappa shape index (κ1) is 18.9. The van der Waals surface area contributed by atoms with Crippen molar-refractivity contribution in [3.05, 3.63) is 35.4 Å². The molecule has 2 N–H and O–H groups in total. The van der Waals surface area contributed by atoms with Crippen LogP contribution in [0.2, 0.25) is 0 Å². The van der Waals surface area contributed by atoms with Gasteiger partial charge in [0.2, 0.25) is 5.91 Å². The zero-order valence-electron chi connectivity index (χ0n) is 16.5. The first-order chi connectivity index (χ1) is 13.2. The van der Waals surface area contributed by atoms with E-state index in [1.807, 2.05) is 0 Å². The lowest BCUT2D eigenvalue weighted by Gasteiger charge is -2.31. The fourth-order valence-electron chi connectivity index (χ4n) is 4.96. The van der Waals surface area contributed by atoms with Gasteiger partial charge in [-0.25, -0.2) is 0 Å². The minimum absolute atomic E-state index is 0.00359. The van der Waals surface area contributed by atoms with Gasteiger partial charge < -0.3 is 15.4 Å². The lowest BCUT2D eigenvalue weighted by Crippen LogP contribution is -2.42. The van der Waals surface area contributed by atoms with E-state index in [9.17, 15) is 4.79 Å². The van der Waals surface area contributed by atoms with Gasteiger partial charge in [0, 0.05) is 32.2 Å². The Labute approximate surface area is 162 Å². The SMILES string of the molecule is CC1CN(Cc2cccc(CNC(=O)C3CC4CCCCC4N3)c2)CCO1. The van der Waals surface area contributed by atoms with Crippen molar-refractivity contribution in [1.29, 1.82) is 0 Å². The third kappa shape index (κ3) is 4.89. The van der Waals surface area contributed by atoms with E-state index in [1.165, 1.54) is 36.8 Å². The Bertz CT molecular complexity index is 636. The van der Waals surface area contributed by atoms with Crippen LogP contribution < -0.4 is 10.6 Å². The number of carbonyl (C=O) groups excluding carboxylic acids is 1. The number of morpholine rings is 1. The quantitative estimate of drug-likeness (QED) is 0.835. The van der Waals surface area contributed by atoms with E-state index in [2.05, 4.69) is 46.7 Å². The van der Waals surface area contributed by atoms with Crippen LogP contribution in [0.4, 0.5) is 0 Å². The summed E-state index contributed by atoms with van der Waals surface area (Å²) in [6, 6.07) is 9.16. The Balaban J connectivity index is 1.27. The van der Waals surface area contributed by atoms with Crippen LogP contribution in [0.5, 0.6) is 0 Å². The lowest BCUT2D eigenvalue weighted by molar-refractivity contribution is -0.123. The highest BCUT2D eigenvalue weighted by molar-refractivity contribution is 5.82.